The Morgan fingerprint density at radius 3 is 2.33 bits per heavy atom. The van der Waals surface area contributed by atoms with Crippen LogP contribution in [-0.2, 0) is 23.7 Å². The number of aryl methyl sites for hydroxylation is 2. The molecule has 10 rings (SSSR count). The second kappa shape index (κ2) is 15.6. The number of hydrogen-bond donors (Lipinski definition) is 3. The molecule has 0 radical (unpaired) electrons. The predicted molar refractivity (Wildman–Crippen MR) is 238 cm³/mol. The Hall–Kier alpha value is -5.59. The molecule has 63 heavy (non-hydrogen) atoms. The first kappa shape index (κ1) is 41.4. The van der Waals surface area contributed by atoms with Crippen LogP contribution in [0.1, 0.15) is 51.1 Å². The summed E-state index contributed by atoms with van der Waals surface area (Å²) in [6.45, 7) is 10.1. The van der Waals surface area contributed by atoms with E-state index < -0.39 is 30.0 Å². The Morgan fingerprint density at radius 2 is 1.63 bits per heavy atom. The van der Waals surface area contributed by atoms with Gasteiger partial charge in [0.05, 0.1) is 51.9 Å². The maximum absolute atomic E-state index is 15.2. The second-order valence-electron chi connectivity index (χ2n) is 17.9. The van der Waals surface area contributed by atoms with Gasteiger partial charge in [-0.15, -0.1) is 0 Å². The molecule has 332 valence electrons. The molecule has 16 nitrogen and oxygen atoms in total. The number of ether oxygens (including phenoxy) is 1. The molecule has 19 heteroatoms. The summed E-state index contributed by atoms with van der Waals surface area (Å²) < 4.78 is 39.2. The highest BCUT2D eigenvalue weighted by Gasteiger charge is 2.51. The van der Waals surface area contributed by atoms with Gasteiger partial charge in [-0.25, -0.2) is 13.8 Å². The summed E-state index contributed by atoms with van der Waals surface area (Å²) in [5.41, 5.74) is 3.56. The number of piperazine rings is 2. The van der Waals surface area contributed by atoms with Gasteiger partial charge in [-0.3, -0.25) is 34.2 Å². The van der Waals surface area contributed by atoms with Crippen molar-refractivity contribution in [1.29, 1.82) is 0 Å². The van der Waals surface area contributed by atoms with Crippen LogP contribution in [0.2, 0.25) is 5.02 Å². The minimum absolute atomic E-state index is 0.112. The zero-order valence-electron chi connectivity index (χ0n) is 35.8. The topological polar surface area (TPSA) is 158 Å². The molecule has 0 spiro atoms. The van der Waals surface area contributed by atoms with Crippen molar-refractivity contribution >= 4 is 74.0 Å². The number of hydrogen-bond acceptors (Lipinski definition) is 13. The molecule has 3 N–H and O–H groups in total. The molecule has 1 saturated carbocycles. The van der Waals surface area contributed by atoms with Gasteiger partial charge in [-0.05, 0) is 63.3 Å². The molecule has 2 aromatic carbocycles. The third-order valence-electron chi connectivity index (χ3n) is 13.8. The minimum atomic E-state index is -3.14. The quantitative estimate of drug-likeness (QED) is 0.179. The number of pyridine rings is 1. The van der Waals surface area contributed by atoms with E-state index in [9.17, 15) is 14.4 Å². The van der Waals surface area contributed by atoms with E-state index in [0.29, 0.717) is 72.2 Å². The van der Waals surface area contributed by atoms with Gasteiger partial charge < -0.3 is 29.7 Å². The van der Waals surface area contributed by atoms with E-state index in [1.165, 1.54) is 4.57 Å². The first-order chi connectivity index (χ1) is 30.2. The molecule has 1 unspecified atom stereocenters. The van der Waals surface area contributed by atoms with Crippen LogP contribution in [0.25, 0.3) is 21.8 Å². The number of benzene rings is 2. The Bertz CT molecular complexity index is 2710. The third kappa shape index (κ3) is 7.38. The van der Waals surface area contributed by atoms with Crippen LogP contribution < -0.4 is 36.0 Å². The van der Waals surface area contributed by atoms with Crippen molar-refractivity contribution in [2.75, 3.05) is 79.4 Å². The van der Waals surface area contributed by atoms with Crippen LogP contribution in [0.15, 0.2) is 47.4 Å². The number of piperidine rings is 1. The Labute approximate surface area is 367 Å². The number of nitrogens with zero attached hydrogens (tertiary/aromatic N) is 9. The summed E-state index contributed by atoms with van der Waals surface area (Å²) in [7, 11) is 3.52. The highest BCUT2D eigenvalue weighted by Crippen LogP contribution is 2.46. The van der Waals surface area contributed by atoms with Crippen molar-refractivity contribution in [2.45, 2.75) is 63.1 Å². The molecule has 5 aromatic rings. The molecular weight excluding hydrogens is 834 g/mol. The van der Waals surface area contributed by atoms with Gasteiger partial charge >= 0.3 is 5.92 Å². The van der Waals surface area contributed by atoms with Gasteiger partial charge in [-0.2, -0.15) is 10.1 Å². The average Bonchev–Trinajstić information content (AvgIpc) is 4.08. The fourth-order valence-corrected chi connectivity index (χ4v) is 10.1. The predicted octanol–water partition coefficient (Wildman–Crippen LogP) is 5.03. The highest BCUT2D eigenvalue weighted by atomic mass is 35.5. The summed E-state index contributed by atoms with van der Waals surface area (Å²) in [4.78, 5) is 56.9. The molecule has 1 aliphatic carbocycles. The first-order valence-electron chi connectivity index (χ1n) is 21.7. The van der Waals surface area contributed by atoms with Crippen LogP contribution in [0, 0.1) is 5.92 Å². The summed E-state index contributed by atoms with van der Waals surface area (Å²) >= 11 is 6.66. The fourth-order valence-electron chi connectivity index (χ4n) is 9.98. The number of amides is 2. The number of rotatable bonds is 8. The summed E-state index contributed by atoms with van der Waals surface area (Å²) in [6, 6.07) is 10.4. The molecule has 2 amide bonds. The maximum atomic E-state index is 15.2. The van der Waals surface area contributed by atoms with E-state index in [2.05, 4.69) is 60.4 Å². The number of imide groups is 1. The molecule has 2 atom stereocenters. The molecule has 4 aliphatic heterocycles. The summed E-state index contributed by atoms with van der Waals surface area (Å²) in [6.07, 6.45) is 3.74. The van der Waals surface area contributed by atoms with Gasteiger partial charge in [0.25, 0.3) is 5.56 Å². The summed E-state index contributed by atoms with van der Waals surface area (Å²) in [5.74, 6) is -3.47. The largest absolute Gasteiger partial charge is 0.480 e. The zero-order chi connectivity index (χ0) is 43.9. The van der Waals surface area contributed by atoms with E-state index in [4.69, 9.17) is 26.4 Å². The molecule has 3 aromatic heterocycles. The maximum Gasteiger partial charge on any atom is 0.301 e. The number of carbonyl (C=O) groups excluding carboxylic acids is 2. The van der Waals surface area contributed by atoms with Gasteiger partial charge in [-0.1, -0.05) is 23.7 Å². The lowest BCUT2D eigenvalue weighted by atomic mass is 9.92. The molecule has 4 fully saturated rings. The van der Waals surface area contributed by atoms with Crippen LogP contribution in [0.5, 0.6) is 5.75 Å². The van der Waals surface area contributed by atoms with Gasteiger partial charge in [0.2, 0.25) is 23.5 Å². The normalized spacial score (nSPS) is 22.4. The number of para-hydroxylation sites is 1. The molecule has 7 heterocycles. The molecule has 3 saturated heterocycles. The van der Waals surface area contributed by atoms with Crippen LogP contribution in [-0.4, -0.2) is 123 Å². The van der Waals surface area contributed by atoms with Crippen molar-refractivity contribution in [1.82, 2.24) is 39.4 Å². The zero-order valence-corrected chi connectivity index (χ0v) is 36.5. The standard InChI is InChI=1S/C44H51ClF2N12O4/c1-43(2,58-18-14-56(15-19-58)32-7-5-6-27-34(53-55(4)36(27)32)28-11-13-33(60)50-40(28)61)59-20-16-57(17-21-59)42-48-23-30(45)39(52-42)49-26-10-12-31-29(22-26)35-37(41(62)54(31)3)63-24-44(46,47)38(51-35)25-8-9-25/h5-7,10,12,22-23,25,28,38,51H,8-9,11,13-21,24H2,1-4H3,(H,48,49,52)(H,50,60,61)/t28?,38-/m0/s1. The van der Waals surface area contributed by atoms with E-state index in [-0.39, 0.29) is 34.8 Å². The van der Waals surface area contributed by atoms with Crippen LogP contribution in [0.3, 0.4) is 0 Å². The van der Waals surface area contributed by atoms with Gasteiger partial charge in [0.1, 0.15) is 5.02 Å². The van der Waals surface area contributed by atoms with Crippen LogP contribution in [0.4, 0.5) is 37.6 Å². The average molecular weight is 885 g/mol. The number of fused-ring (bicyclic) bond motifs is 4. The number of carbonyl (C=O) groups is 2. The van der Waals surface area contributed by atoms with Crippen LogP contribution >= 0.6 is 11.6 Å². The second-order valence-corrected chi connectivity index (χ2v) is 18.3. The monoisotopic (exact) mass is 884 g/mol. The van der Waals surface area contributed by atoms with Gasteiger partial charge in [0, 0.05) is 89.3 Å². The highest BCUT2D eigenvalue weighted by molar-refractivity contribution is 6.33. The Kier molecular flexibility index (Phi) is 10.2. The number of halogens is 3. The lowest BCUT2D eigenvalue weighted by Crippen LogP contribution is -2.65. The van der Waals surface area contributed by atoms with E-state index in [0.717, 1.165) is 61.6 Å². The fraction of sp³-hybridized carbons (Fsp3) is 0.500. The molecular formula is C44H51ClF2N12O4. The lowest BCUT2D eigenvalue weighted by Gasteiger charge is -2.52. The molecule has 5 aliphatic rings. The Balaban J connectivity index is 0.803. The van der Waals surface area contributed by atoms with E-state index >= 15 is 8.78 Å². The van der Waals surface area contributed by atoms with Crippen molar-refractivity contribution < 1.29 is 23.1 Å². The number of anilines is 5. The SMILES string of the molecule is Cn1nc(C2CCC(=O)NC2=O)c2cccc(N3CCN(C(C)(C)N4CCN(c5ncc(Cl)c(Nc6ccc7c(c6)c6c(c(=O)n7C)OCC(F)(F)[C@H](C7CC7)N6)n5)CC4)CC3)c21. The van der Waals surface area contributed by atoms with Gasteiger partial charge in [0.15, 0.2) is 12.4 Å². The number of nitrogens with one attached hydrogen (secondary N) is 3. The summed E-state index contributed by atoms with van der Waals surface area (Å²) in [5, 5.41) is 15.5. The smallest absolute Gasteiger partial charge is 0.301 e. The number of aromatic nitrogens is 5. The molecule has 0 bridgehead atoms. The van der Waals surface area contributed by atoms with E-state index in [1.807, 2.05) is 23.9 Å². The lowest BCUT2D eigenvalue weighted by molar-refractivity contribution is -0.134. The van der Waals surface area contributed by atoms with E-state index in [1.54, 1.807) is 31.4 Å². The van der Waals surface area contributed by atoms with Crippen molar-refractivity contribution in [2.24, 2.45) is 20.0 Å². The number of alkyl halides is 2. The van der Waals surface area contributed by atoms with Crippen molar-refractivity contribution in [3.05, 3.63) is 63.7 Å². The van der Waals surface area contributed by atoms with Crippen molar-refractivity contribution in [3.8, 4) is 5.75 Å². The third-order valence-corrected chi connectivity index (χ3v) is 14.1. The van der Waals surface area contributed by atoms with Crippen molar-refractivity contribution in [3.63, 3.8) is 0 Å². The first-order valence-corrected chi connectivity index (χ1v) is 22.1. The minimum Gasteiger partial charge on any atom is -0.480 e. The Morgan fingerprint density at radius 1 is 0.921 bits per heavy atom.